The fourth-order valence-electron chi connectivity index (χ4n) is 3.73. The van der Waals surface area contributed by atoms with Gasteiger partial charge in [0.2, 0.25) is 0 Å². The van der Waals surface area contributed by atoms with E-state index in [0.717, 1.165) is 23.4 Å². The number of rotatable bonds is 11. The molecule has 0 bridgehead atoms. The number of nitrogens with zero attached hydrogens (tertiary/aromatic N) is 2. The van der Waals surface area contributed by atoms with E-state index in [9.17, 15) is 9.18 Å². The molecule has 3 rings (SSSR count). The maximum atomic E-state index is 14.5. The van der Waals surface area contributed by atoms with Crippen molar-refractivity contribution in [1.82, 2.24) is 9.78 Å². The van der Waals surface area contributed by atoms with Gasteiger partial charge in [0.1, 0.15) is 11.2 Å². The first-order valence-electron chi connectivity index (χ1n) is 10.7. The lowest BCUT2D eigenvalue weighted by molar-refractivity contribution is -0.144. The Balaban J connectivity index is 1.47. The van der Waals surface area contributed by atoms with Crippen molar-refractivity contribution in [2.24, 2.45) is 5.92 Å². The zero-order chi connectivity index (χ0) is 20.6. The van der Waals surface area contributed by atoms with Gasteiger partial charge in [-0.1, -0.05) is 63.4 Å². The molecule has 4 nitrogen and oxygen atoms in total. The minimum atomic E-state index is -0.999. The molecule has 1 aromatic heterocycles. The number of ether oxygens (including phenoxy) is 1. The highest BCUT2D eigenvalue weighted by Crippen LogP contribution is 2.41. The van der Waals surface area contributed by atoms with Crippen LogP contribution in [-0.2, 0) is 9.53 Å². The first-order valence-corrected chi connectivity index (χ1v) is 11.7. The molecule has 0 radical (unpaired) electrons. The Hall–Kier alpha value is -1.82. The molecule has 0 saturated heterocycles. The highest BCUT2D eigenvalue weighted by atomic mass is 32.2. The second kappa shape index (κ2) is 10.8. The van der Waals surface area contributed by atoms with E-state index in [0.29, 0.717) is 36.8 Å². The molecular formula is C23H31FN2O2S. The van der Waals surface area contributed by atoms with Crippen molar-refractivity contribution in [2.45, 2.75) is 69.6 Å². The third-order valence-electron chi connectivity index (χ3n) is 5.55. The summed E-state index contributed by atoms with van der Waals surface area (Å²) in [4.78, 5) is 12.0. The van der Waals surface area contributed by atoms with Crippen molar-refractivity contribution >= 4 is 17.7 Å². The number of fused-ring (bicyclic) bond motifs is 1. The van der Waals surface area contributed by atoms with E-state index in [1.54, 1.807) is 4.68 Å². The highest BCUT2D eigenvalue weighted by Gasteiger charge is 2.33. The van der Waals surface area contributed by atoms with Crippen LogP contribution >= 0.6 is 11.8 Å². The van der Waals surface area contributed by atoms with Crippen LogP contribution in [0.3, 0.4) is 0 Å². The molecule has 0 N–H and O–H groups in total. The number of halogens is 1. The smallest absolute Gasteiger partial charge is 0.306 e. The molecule has 0 aliphatic carbocycles. The molecule has 29 heavy (non-hydrogen) atoms. The van der Waals surface area contributed by atoms with E-state index in [1.165, 1.54) is 24.6 Å². The fourth-order valence-corrected chi connectivity index (χ4v) is 4.56. The Bertz CT molecular complexity index is 780. The average molecular weight is 419 g/mol. The van der Waals surface area contributed by atoms with Crippen LogP contribution < -0.4 is 0 Å². The van der Waals surface area contributed by atoms with Crippen LogP contribution in [0.1, 0.15) is 75.8 Å². The highest BCUT2D eigenvalue weighted by molar-refractivity contribution is 7.99. The summed E-state index contributed by atoms with van der Waals surface area (Å²) in [6.45, 7) is 4.83. The minimum absolute atomic E-state index is 0.0605. The maximum Gasteiger partial charge on any atom is 0.306 e. The zero-order valence-electron chi connectivity index (χ0n) is 17.4. The van der Waals surface area contributed by atoms with Gasteiger partial charge < -0.3 is 4.74 Å². The van der Waals surface area contributed by atoms with Crippen molar-refractivity contribution in [2.75, 3.05) is 12.4 Å². The largest absolute Gasteiger partial charge is 0.465 e. The molecule has 0 amide bonds. The minimum Gasteiger partial charge on any atom is -0.465 e. The molecule has 3 atom stereocenters. The molecular weight excluding hydrogens is 387 g/mol. The molecule has 158 valence electrons. The van der Waals surface area contributed by atoms with Gasteiger partial charge in [-0.25, -0.2) is 4.39 Å². The molecule has 1 unspecified atom stereocenters. The predicted octanol–water partition coefficient (Wildman–Crippen LogP) is 6.13. The maximum absolute atomic E-state index is 14.5. The molecule has 1 aromatic carbocycles. The van der Waals surface area contributed by atoms with Crippen molar-refractivity contribution in [3.63, 3.8) is 0 Å². The van der Waals surface area contributed by atoms with Crippen molar-refractivity contribution in [1.29, 1.82) is 0 Å². The van der Waals surface area contributed by atoms with Gasteiger partial charge in [0.05, 0.1) is 24.8 Å². The number of hydrogen-bond acceptors (Lipinski definition) is 4. The van der Waals surface area contributed by atoms with Crippen LogP contribution in [0.15, 0.2) is 41.4 Å². The molecule has 6 heteroatoms. The van der Waals surface area contributed by atoms with Crippen LogP contribution in [-0.4, -0.2) is 28.1 Å². The van der Waals surface area contributed by atoms with Crippen molar-refractivity contribution < 1.29 is 13.9 Å². The Morgan fingerprint density at radius 3 is 2.86 bits per heavy atom. The van der Waals surface area contributed by atoms with Crippen molar-refractivity contribution in [3.05, 3.63) is 47.7 Å². The van der Waals surface area contributed by atoms with E-state index >= 15 is 0 Å². The SMILES string of the molecule is CCCCC(CC)COC(=O)CCSc1cc2n(n1)[C@H](c1ccccc1)C[C@@H]2F. The van der Waals surface area contributed by atoms with E-state index in [1.807, 2.05) is 36.4 Å². The molecule has 0 spiro atoms. The number of benzene rings is 1. The van der Waals surface area contributed by atoms with Gasteiger partial charge in [-0.05, 0) is 24.0 Å². The lowest BCUT2D eigenvalue weighted by Gasteiger charge is -2.14. The van der Waals surface area contributed by atoms with Gasteiger partial charge in [-0.15, -0.1) is 11.8 Å². The molecule has 2 heterocycles. The Labute approximate surface area is 177 Å². The van der Waals surface area contributed by atoms with E-state index < -0.39 is 6.17 Å². The second-order valence-corrected chi connectivity index (χ2v) is 8.79. The number of carbonyl (C=O) groups is 1. The van der Waals surface area contributed by atoms with E-state index in [4.69, 9.17) is 4.74 Å². The van der Waals surface area contributed by atoms with Gasteiger partial charge in [0, 0.05) is 12.2 Å². The van der Waals surface area contributed by atoms with Crippen LogP contribution in [0.5, 0.6) is 0 Å². The summed E-state index contributed by atoms with van der Waals surface area (Å²) < 4.78 is 21.7. The summed E-state index contributed by atoms with van der Waals surface area (Å²) in [6, 6.07) is 11.7. The Morgan fingerprint density at radius 2 is 2.14 bits per heavy atom. The molecule has 1 aliphatic heterocycles. The molecule has 0 fully saturated rings. The second-order valence-electron chi connectivity index (χ2n) is 7.68. The quantitative estimate of drug-likeness (QED) is 0.325. The number of carbonyl (C=O) groups excluding carboxylic acids is 1. The standard InChI is InChI=1S/C23H31FN2O2S/c1-3-5-9-17(4-2)16-28-23(27)12-13-29-22-15-21-19(24)14-20(26(21)25-22)18-10-7-6-8-11-18/h6-8,10-11,15,17,19-20H,3-5,9,12-14,16H2,1-2H3/t17?,19-,20-/m0/s1. The molecule has 0 saturated carbocycles. The van der Waals surface area contributed by atoms with Gasteiger partial charge >= 0.3 is 5.97 Å². The number of unbranched alkanes of at least 4 members (excludes halogenated alkanes) is 1. The van der Waals surface area contributed by atoms with Crippen LogP contribution in [0.2, 0.25) is 0 Å². The van der Waals surface area contributed by atoms with E-state index in [2.05, 4.69) is 18.9 Å². The third kappa shape index (κ3) is 5.84. The van der Waals surface area contributed by atoms with Gasteiger partial charge in [-0.3, -0.25) is 9.48 Å². The predicted molar refractivity (Wildman–Crippen MR) is 115 cm³/mol. The van der Waals surface area contributed by atoms with Crippen LogP contribution in [0, 0.1) is 5.92 Å². The lowest BCUT2D eigenvalue weighted by Crippen LogP contribution is -2.14. The molecule has 1 aliphatic rings. The monoisotopic (exact) mass is 418 g/mol. The number of thioether (sulfide) groups is 1. The topological polar surface area (TPSA) is 44.1 Å². The van der Waals surface area contributed by atoms with Gasteiger partial charge in [0.15, 0.2) is 0 Å². The van der Waals surface area contributed by atoms with Gasteiger partial charge in [0.25, 0.3) is 0 Å². The van der Waals surface area contributed by atoms with Crippen molar-refractivity contribution in [3.8, 4) is 0 Å². The number of alkyl halides is 1. The summed E-state index contributed by atoms with van der Waals surface area (Å²) in [6.07, 6.45) is 4.27. The summed E-state index contributed by atoms with van der Waals surface area (Å²) in [5.41, 5.74) is 1.70. The third-order valence-corrected chi connectivity index (χ3v) is 6.46. The summed E-state index contributed by atoms with van der Waals surface area (Å²) in [5, 5.41) is 5.37. The Morgan fingerprint density at radius 1 is 1.34 bits per heavy atom. The molecule has 2 aromatic rings. The van der Waals surface area contributed by atoms with E-state index in [-0.39, 0.29) is 12.0 Å². The average Bonchev–Trinajstić information content (AvgIpc) is 3.29. The first kappa shape index (κ1) is 21.9. The Kier molecular flexibility index (Phi) is 8.16. The van der Waals surface area contributed by atoms with Crippen LogP contribution in [0.25, 0.3) is 0 Å². The fraction of sp³-hybridized carbons (Fsp3) is 0.565. The summed E-state index contributed by atoms with van der Waals surface area (Å²) >= 11 is 1.49. The number of hydrogen-bond donors (Lipinski definition) is 0. The summed E-state index contributed by atoms with van der Waals surface area (Å²) in [5.74, 6) is 0.886. The first-order chi connectivity index (χ1) is 14.1. The number of esters is 1. The normalized spacial score (nSPS) is 19.1. The van der Waals surface area contributed by atoms with Crippen LogP contribution in [0.4, 0.5) is 4.39 Å². The number of aromatic nitrogens is 2. The van der Waals surface area contributed by atoms with Gasteiger partial charge in [-0.2, -0.15) is 5.10 Å². The lowest BCUT2D eigenvalue weighted by atomic mass is 10.0. The zero-order valence-corrected chi connectivity index (χ0v) is 18.2. The summed E-state index contributed by atoms with van der Waals surface area (Å²) in [7, 11) is 0.